The molecule has 7 rings (SSSR count). The van der Waals surface area contributed by atoms with Crippen LogP contribution in [0.25, 0.3) is 0 Å². The molecule has 11 heteroatoms. The summed E-state index contributed by atoms with van der Waals surface area (Å²) < 4.78 is 13.3. The topological polar surface area (TPSA) is 117 Å². The lowest BCUT2D eigenvalue weighted by atomic mass is 9.77. The maximum absolute atomic E-state index is 15.1. The number of para-hydroxylation sites is 1. The molecule has 0 aromatic heterocycles. The first-order valence-corrected chi connectivity index (χ1v) is 18.1. The molecule has 0 radical (unpaired) electrons. The quantitative estimate of drug-likeness (QED) is 0.284. The van der Waals surface area contributed by atoms with Crippen LogP contribution in [0.5, 0.6) is 0 Å². The van der Waals surface area contributed by atoms with Crippen LogP contribution in [-0.2, 0) is 35.1 Å². The predicted octanol–water partition coefficient (Wildman–Crippen LogP) is 4.91. The fourth-order valence-electron chi connectivity index (χ4n) is 8.24. The second kappa shape index (κ2) is 14.7. The number of fused-ring (bicyclic) bond motifs is 2. The highest BCUT2D eigenvalue weighted by Crippen LogP contribution is 2.54. The SMILES string of the molecule is C[C@H]1[C@H](c2ccccc2)OC(=O)[C@@H]2[C@H](/C=C\CCC(=O)N1C)O[C@@]13C=CCN(c4ccccc4Cl)C(=O)[C@@H]1N([C@@H](CO)Cc1ccccc1)C(=O)[C@@H]23. The summed E-state index contributed by atoms with van der Waals surface area (Å²) in [7, 11) is 1.69. The average Bonchev–Trinajstić information content (AvgIpc) is 3.55. The number of carbonyl (C=O) groups excluding carboxylic acids is 4. The molecule has 0 bridgehead atoms. The minimum absolute atomic E-state index is 0.106. The second-order valence-corrected chi connectivity index (χ2v) is 14.3. The lowest BCUT2D eigenvalue weighted by molar-refractivity contribution is -0.164. The van der Waals surface area contributed by atoms with Crippen LogP contribution in [0.2, 0.25) is 5.02 Å². The van der Waals surface area contributed by atoms with Gasteiger partial charge in [0.2, 0.25) is 11.8 Å². The van der Waals surface area contributed by atoms with E-state index in [0.29, 0.717) is 22.7 Å². The number of ether oxygens (including phenoxy) is 2. The highest BCUT2D eigenvalue weighted by atomic mass is 35.5. The molecule has 8 atom stereocenters. The van der Waals surface area contributed by atoms with Gasteiger partial charge in [-0.05, 0) is 43.0 Å². The normalized spacial score (nSPS) is 30.4. The van der Waals surface area contributed by atoms with Gasteiger partial charge in [-0.25, -0.2) is 0 Å². The minimum atomic E-state index is -1.59. The Kier molecular flexibility index (Phi) is 10.1. The van der Waals surface area contributed by atoms with E-state index in [1.165, 1.54) is 9.80 Å². The molecule has 3 aromatic carbocycles. The third-order valence-corrected chi connectivity index (χ3v) is 11.2. The predicted molar refractivity (Wildman–Crippen MR) is 195 cm³/mol. The van der Waals surface area contributed by atoms with Gasteiger partial charge in [-0.2, -0.15) is 0 Å². The highest BCUT2D eigenvalue weighted by Gasteiger charge is 2.72. The maximum atomic E-state index is 15.1. The van der Waals surface area contributed by atoms with Gasteiger partial charge in [0.1, 0.15) is 23.7 Å². The molecule has 4 aliphatic heterocycles. The van der Waals surface area contributed by atoms with E-state index in [1.54, 1.807) is 60.5 Å². The van der Waals surface area contributed by atoms with Crippen LogP contribution < -0.4 is 4.90 Å². The zero-order chi connectivity index (χ0) is 36.6. The Bertz CT molecular complexity index is 1890. The molecule has 0 unspecified atom stereocenters. The van der Waals surface area contributed by atoms with Crippen molar-refractivity contribution in [1.29, 1.82) is 0 Å². The molecule has 0 aliphatic carbocycles. The molecule has 270 valence electrons. The van der Waals surface area contributed by atoms with Crippen molar-refractivity contribution >= 4 is 41.0 Å². The first-order chi connectivity index (χ1) is 25.2. The molecule has 2 saturated heterocycles. The van der Waals surface area contributed by atoms with Crippen LogP contribution >= 0.6 is 11.6 Å². The van der Waals surface area contributed by atoms with E-state index in [9.17, 15) is 14.7 Å². The lowest BCUT2D eigenvalue weighted by Crippen LogP contribution is -2.58. The van der Waals surface area contributed by atoms with Crippen LogP contribution in [0.1, 0.15) is 37.0 Å². The van der Waals surface area contributed by atoms with E-state index in [4.69, 9.17) is 21.1 Å². The third kappa shape index (κ3) is 6.22. The number of halogens is 1. The van der Waals surface area contributed by atoms with Crippen LogP contribution in [0.4, 0.5) is 5.69 Å². The van der Waals surface area contributed by atoms with E-state index in [1.807, 2.05) is 67.6 Å². The Morgan fingerprint density at radius 1 is 0.923 bits per heavy atom. The van der Waals surface area contributed by atoms with Gasteiger partial charge in [-0.15, -0.1) is 0 Å². The number of nitrogens with zero attached hydrogens (tertiary/aromatic N) is 3. The number of anilines is 1. The second-order valence-electron chi connectivity index (χ2n) is 13.9. The number of hydrogen-bond acceptors (Lipinski definition) is 7. The van der Waals surface area contributed by atoms with Gasteiger partial charge in [0.05, 0.1) is 41.4 Å². The van der Waals surface area contributed by atoms with Crippen molar-refractivity contribution < 1.29 is 33.8 Å². The number of amides is 3. The van der Waals surface area contributed by atoms with Crippen LogP contribution in [0.15, 0.2) is 109 Å². The molecule has 10 nitrogen and oxygen atoms in total. The summed E-state index contributed by atoms with van der Waals surface area (Å²) >= 11 is 6.63. The zero-order valence-corrected chi connectivity index (χ0v) is 29.8. The number of carbonyl (C=O) groups is 4. The number of likely N-dealkylation sites (N-methyl/N-ethyl adjacent to an activating group) is 1. The lowest BCUT2D eigenvalue weighted by Gasteiger charge is -2.38. The summed E-state index contributed by atoms with van der Waals surface area (Å²) in [5, 5.41) is 11.3. The summed E-state index contributed by atoms with van der Waals surface area (Å²) in [6.45, 7) is 1.53. The van der Waals surface area contributed by atoms with Crippen molar-refractivity contribution in [2.24, 2.45) is 11.8 Å². The van der Waals surface area contributed by atoms with Gasteiger partial charge in [0, 0.05) is 20.0 Å². The smallest absolute Gasteiger partial charge is 0.313 e. The Morgan fingerprint density at radius 2 is 1.62 bits per heavy atom. The van der Waals surface area contributed by atoms with E-state index in [0.717, 1.165) is 5.56 Å². The molecule has 1 N–H and O–H groups in total. The van der Waals surface area contributed by atoms with Gasteiger partial charge in [-0.1, -0.05) is 109 Å². The van der Waals surface area contributed by atoms with Gasteiger partial charge >= 0.3 is 5.97 Å². The highest BCUT2D eigenvalue weighted by molar-refractivity contribution is 6.34. The van der Waals surface area contributed by atoms with Crippen LogP contribution in [-0.4, -0.2) is 88.6 Å². The number of rotatable bonds is 6. The molecule has 1 spiro atoms. The van der Waals surface area contributed by atoms with E-state index >= 15 is 9.59 Å². The first-order valence-electron chi connectivity index (χ1n) is 17.7. The number of benzene rings is 3. The van der Waals surface area contributed by atoms with Crippen LogP contribution in [0.3, 0.4) is 0 Å². The van der Waals surface area contributed by atoms with Gasteiger partial charge in [0.15, 0.2) is 0 Å². The third-order valence-electron chi connectivity index (χ3n) is 10.9. The number of cyclic esters (lactones) is 1. The summed E-state index contributed by atoms with van der Waals surface area (Å²) in [5.41, 5.74) is 0.437. The Morgan fingerprint density at radius 3 is 2.33 bits per heavy atom. The minimum Gasteiger partial charge on any atom is -0.455 e. The number of aliphatic hydroxyl groups excluding tert-OH is 1. The number of likely N-dealkylation sites (tertiary alicyclic amines) is 1. The fraction of sp³-hybridized carbons (Fsp3) is 0.366. The van der Waals surface area contributed by atoms with E-state index in [-0.39, 0.29) is 25.3 Å². The summed E-state index contributed by atoms with van der Waals surface area (Å²) in [6.07, 6.45) is 6.09. The zero-order valence-electron chi connectivity index (χ0n) is 29.1. The molecule has 4 aliphatic rings. The molecule has 0 saturated carbocycles. The molecular weight excluding hydrogens is 682 g/mol. The fourth-order valence-corrected chi connectivity index (χ4v) is 8.48. The first kappa shape index (κ1) is 35.6. The summed E-state index contributed by atoms with van der Waals surface area (Å²) in [5.74, 6) is -4.02. The number of hydrogen-bond donors (Lipinski definition) is 1. The van der Waals surface area contributed by atoms with Crippen molar-refractivity contribution in [3.8, 4) is 0 Å². The Hall–Kier alpha value is -4.77. The van der Waals surface area contributed by atoms with Crippen molar-refractivity contribution in [3.05, 3.63) is 125 Å². The van der Waals surface area contributed by atoms with Crippen LogP contribution in [0, 0.1) is 11.8 Å². The summed E-state index contributed by atoms with van der Waals surface area (Å²) in [6, 6.07) is 23.0. The van der Waals surface area contributed by atoms with E-state index < -0.39 is 72.2 Å². The number of aliphatic hydroxyl groups is 1. The van der Waals surface area contributed by atoms with Gasteiger partial charge in [0.25, 0.3) is 5.91 Å². The van der Waals surface area contributed by atoms with Crippen molar-refractivity contribution in [2.75, 3.05) is 25.1 Å². The van der Waals surface area contributed by atoms with E-state index in [2.05, 4.69) is 0 Å². The Balaban J connectivity index is 1.36. The van der Waals surface area contributed by atoms with Gasteiger partial charge in [-0.3, -0.25) is 19.2 Å². The maximum Gasteiger partial charge on any atom is 0.313 e. The molecule has 4 heterocycles. The van der Waals surface area contributed by atoms with Gasteiger partial charge < -0.3 is 29.3 Å². The number of allylic oxidation sites excluding steroid dienone is 1. The molecular formula is C41H42ClN3O7. The molecule has 52 heavy (non-hydrogen) atoms. The molecule has 2 fully saturated rings. The average molecular weight is 724 g/mol. The Labute approximate surface area is 308 Å². The standard InChI is InChI=1S/C41H42ClN3O7/c1-26-36(28-16-7-4-8-17-28)51-40(50)34-32(20-11-12-21-33(47)43(26)2)52-41-22-13-23-44(31-19-10-9-18-30(31)42)39(49)37(41)45(38(48)35(34)41)29(25-46)24-27-14-5-3-6-15-27/h3-11,13-20,22,26,29,32,34-37,46H,12,21,23-25H2,1-2H3/b20-11-/t26-,29+,32-,34+,35+,36+,37-,41+/m0/s1. The molecule has 3 amide bonds. The summed E-state index contributed by atoms with van der Waals surface area (Å²) in [4.78, 5) is 62.6. The largest absolute Gasteiger partial charge is 0.455 e. The number of esters is 1. The molecule has 3 aromatic rings. The van der Waals surface area contributed by atoms with Crippen molar-refractivity contribution in [2.45, 2.75) is 62.1 Å². The monoisotopic (exact) mass is 723 g/mol. The van der Waals surface area contributed by atoms with Crippen molar-refractivity contribution in [1.82, 2.24) is 9.80 Å². The van der Waals surface area contributed by atoms with Crippen molar-refractivity contribution in [3.63, 3.8) is 0 Å².